The first-order valence-corrected chi connectivity index (χ1v) is 13.9. The van der Waals surface area contributed by atoms with Gasteiger partial charge in [-0.2, -0.15) is 0 Å². The first-order chi connectivity index (χ1) is 17.7. The Hall–Kier alpha value is -2.84. The summed E-state index contributed by atoms with van der Waals surface area (Å²) in [5.74, 6) is -2.94. The van der Waals surface area contributed by atoms with E-state index < -0.39 is 34.6 Å². The van der Waals surface area contributed by atoms with E-state index in [2.05, 4.69) is 6.58 Å². The maximum absolute atomic E-state index is 14.6. The topological polar surface area (TPSA) is 98.2 Å². The van der Waals surface area contributed by atoms with Gasteiger partial charge in [-0.3, -0.25) is 14.4 Å². The second-order valence-electron chi connectivity index (χ2n) is 10.9. The molecule has 8 heteroatoms. The molecule has 7 nitrogen and oxygen atoms in total. The van der Waals surface area contributed by atoms with Crippen molar-refractivity contribution in [2.45, 2.75) is 55.2 Å². The first kappa shape index (κ1) is 25.8. The Kier molecular flexibility index (Phi) is 6.83. The number of aliphatic carboxylic acids is 1. The number of carboxylic acids is 1. The minimum absolute atomic E-state index is 0.183. The molecule has 3 heterocycles. The Morgan fingerprint density at radius 1 is 1.24 bits per heavy atom. The fraction of sp³-hybridized carbons (Fsp3) is 0.483. The number of rotatable bonds is 9. The molecule has 0 radical (unpaired) electrons. The van der Waals surface area contributed by atoms with Crippen LogP contribution in [0.5, 0.6) is 0 Å². The predicted molar refractivity (Wildman–Crippen MR) is 145 cm³/mol. The van der Waals surface area contributed by atoms with Gasteiger partial charge in [0.05, 0.1) is 29.2 Å². The van der Waals surface area contributed by atoms with Crippen molar-refractivity contribution in [3.8, 4) is 0 Å². The van der Waals surface area contributed by atoms with Gasteiger partial charge in [0.1, 0.15) is 6.04 Å². The van der Waals surface area contributed by atoms with Gasteiger partial charge >= 0.3 is 5.97 Å². The van der Waals surface area contributed by atoms with E-state index in [0.717, 1.165) is 10.8 Å². The van der Waals surface area contributed by atoms with Crippen LogP contribution in [-0.4, -0.2) is 68.1 Å². The average molecular weight is 523 g/mol. The summed E-state index contributed by atoms with van der Waals surface area (Å²) in [5.41, 5.74) is 0.701. The van der Waals surface area contributed by atoms with E-state index in [1.165, 1.54) is 11.8 Å². The fourth-order valence-electron chi connectivity index (χ4n) is 6.81. The van der Waals surface area contributed by atoms with Crippen molar-refractivity contribution in [2.24, 2.45) is 17.8 Å². The van der Waals surface area contributed by atoms with Crippen molar-refractivity contribution < 1.29 is 24.6 Å². The van der Waals surface area contributed by atoms with Crippen LogP contribution in [0.25, 0.3) is 10.8 Å². The zero-order valence-electron chi connectivity index (χ0n) is 21.2. The SMILES string of the molecule is C=CCN(C(=O)C1N([C@@H](CO)CC(C)C)C(=O)[C@@H]2[C@@H](C(=O)O)[C@H]3CCC12S3)c1ccc2ccccc2c1. The van der Waals surface area contributed by atoms with Gasteiger partial charge in [-0.15, -0.1) is 18.3 Å². The zero-order valence-corrected chi connectivity index (χ0v) is 22.1. The Bertz CT molecular complexity index is 1250. The quantitative estimate of drug-likeness (QED) is 0.484. The lowest BCUT2D eigenvalue weighted by Gasteiger charge is -2.40. The third-order valence-corrected chi connectivity index (χ3v) is 10.2. The molecule has 3 saturated heterocycles. The molecule has 2 unspecified atom stereocenters. The van der Waals surface area contributed by atoms with Crippen LogP contribution in [0.4, 0.5) is 5.69 Å². The largest absolute Gasteiger partial charge is 0.481 e. The lowest BCUT2D eigenvalue weighted by molar-refractivity contribution is -0.149. The second-order valence-corrected chi connectivity index (χ2v) is 12.5. The first-order valence-electron chi connectivity index (χ1n) is 13.0. The van der Waals surface area contributed by atoms with Crippen LogP contribution in [0.2, 0.25) is 0 Å². The Labute approximate surface area is 221 Å². The minimum atomic E-state index is -0.979. The number of likely N-dealkylation sites (tertiary alicyclic amines) is 1. The Morgan fingerprint density at radius 2 is 1.97 bits per heavy atom. The molecule has 2 amide bonds. The molecule has 0 aliphatic carbocycles. The molecule has 1 spiro atoms. The molecule has 3 aliphatic heterocycles. The number of fused-ring (bicyclic) bond motifs is 2. The molecule has 0 aromatic heterocycles. The van der Waals surface area contributed by atoms with Gasteiger partial charge in [-0.25, -0.2) is 0 Å². The molecule has 0 saturated carbocycles. The van der Waals surface area contributed by atoms with Crippen LogP contribution in [0.1, 0.15) is 33.1 Å². The number of hydrogen-bond donors (Lipinski definition) is 2. The number of anilines is 1. The van der Waals surface area contributed by atoms with Crippen molar-refractivity contribution in [3.05, 3.63) is 55.1 Å². The molecule has 3 aliphatic rings. The summed E-state index contributed by atoms with van der Waals surface area (Å²) in [7, 11) is 0. The summed E-state index contributed by atoms with van der Waals surface area (Å²) in [6.07, 6.45) is 3.46. The molecule has 2 aromatic rings. The number of benzene rings is 2. The number of aliphatic hydroxyl groups is 1. The van der Waals surface area contributed by atoms with E-state index in [4.69, 9.17) is 0 Å². The van der Waals surface area contributed by atoms with E-state index >= 15 is 0 Å². The molecule has 37 heavy (non-hydrogen) atoms. The number of aliphatic hydroxyl groups excluding tert-OH is 1. The highest BCUT2D eigenvalue weighted by Gasteiger charge is 2.74. The maximum atomic E-state index is 14.6. The summed E-state index contributed by atoms with van der Waals surface area (Å²) in [5, 5.41) is 22.3. The molecule has 3 fully saturated rings. The number of carboxylic acid groups (broad SMARTS) is 1. The second kappa shape index (κ2) is 9.80. The van der Waals surface area contributed by atoms with Crippen molar-refractivity contribution in [1.29, 1.82) is 0 Å². The lowest BCUT2D eigenvalue weighted by atomic mass is 9.71. The van der Waals surface area contributed by atoms with Crippen molar-refractivity contribution >= 4 is 46.0 Å². The van der Waals surface area contributed by atoms with Crippen LogP contribution in [0.15, 0.2) is 55.1 Å². The highest BCUT2D eigenvalue weighted by atomic mass is 32.2. The summed E-state index contributed by atoms with van der Waals surface area (Å²) in [4.78, 5) is 44.1. The molecule has 6 atom stereocenters. The number of carbonyl (C=O) groups is 3. The number of carbonyl (C=O) groups excluding carboxylic acids is 2. The van der Waals surface area contributed by atoms with E-state index in [1.807, 2.05) is 56.3 Å². The van der Waals surface area contributed by atoms with Crippen LogP contribution in [-0.2, 0) is 14.4 Å². The van der Waals surface area contributed by atoms with Crippen LogP contribution >= 0.6 is 11.8 Å². The molecular weight excluding hydrogens is 488 g/mol. The molecule has 2 N–H and O–H groups in total. The van der Waals surface area contributed by atoms with Crippen LogP contribution in [0, 0.1) is 17.8 Å². The van der Waals surface area contributed by atoms with Crippen molar-refractivity contribution in [1.82, 2.24) is 4.90 Å². The van der Waals surface area contributed by atoms with E-state index in [9.17, 15) is 24.6 Å². The van der Waals surface area contributed by atoms with Gasteiger partial charge in [-0.1, -0.05) is 50.3 Å². The standard InChI is InChI=1S/C29H34N2O5S/c1-4-13-30(20-10-9-18-7-5-6-8-19(18)15-20)27(34)25-29-12-11-22(37-29)23(28(35)36)24(29)26(33)31(25)21(16-32)14-17(2)3/h4-10,15,17,21-25,32H,1,11-14,16H2,2-3H3,(H,35,36)/t21-,22-,23+,24+,25?,29?/m1/s1. The predicted octanol–water partition coefficient (Wildman–Crippen LogP) is 3.94. The Morgan fingerprint density at radius 3 is 2.62 bits per heavy atom. The van der Waals surface area contributed by atoms with Gasteiger partial charge in [-0.05, 0) is 48.1 Å². The van der Waals surface area contributed by atoms with Gasteiger partial charge < -0.3 is 20.0 Å². The summed E-state index contributed by atoms with van der Waals surface area (Å²) in [6, 6.07) is 12.3. The summed E-state index contributed by atoms with van der Waals surface area (Å²) in [6.45, 7) is 7.87. The van der Waals surface area contributed by atoms with Gasteiger partial charge in [0.15, 0.2) is 0 Å². The van der Waals surface area contributed by atoms with E-state index in [0.29, 0.717) is 24.9 Å². The maximum Gasteiger partial charge on any atom is 0.308 e. The number of hydrogen-bond acceptors (Lipinski definition) is 5. The third-order valence-electron chi connectivity index (χ3n) is 8.23. The Balaban J connectivity index is 1.62. The van der Waals surface area contributed by atoms with Crippen LogP contribution < -0.4 is 4.90 Å². The van der Waals surface area contributed by atoms with Crippen LogP contribution in [0.3, 0.4) is 0 Å². The van der Waals surface area contributed by atoms with Gasteiger partial charge in [0.2, 0.25) is 5.91 Å². The molecule has 196 valence electrons. The third kappa shape index (κ3) is 4.05. The number of thioether (sulfide) groups is 1. The van der Waals surface area contributed by atoms with Gasteiger partial charge in [0, 0.05) is 17.5 Å². The van der Waals surface area contributed by atoms with E-state index in [-0.39, 0.29) is 36.1 Å². The van der Waals surface area contributed by atoms with Gasteiger partial charge in [0.25, 0.3) is 5.91 Å². The minimum Gasteiger partial charge on any atom is -0.481 e. The lowest BCUT2D eigenvalue weighted by Crippen LogP contribution is -2.57. The smallest absolute Gasteiger partial charge is 0.308 e. The highest BCUT2D eigenvalue weighted by Crippen LogP contribution is 2.66. The fourth-order valence-corrected chi connectivity index (χ4v) is 9.00. The molecule has 2 bridgehead atoms. The van der Waals surface area contributed by atoms with E-state index in [1.54, 1.807) is 15.9 Å². The molecule has 5 rings (SSSR count). The average Bonchev–Trinajstić information content (AvgIpc) is 3.52. The van der Waals surface area contributed by atoms with Crippen molar-refractivity contribution in [2.75, 3.05) is 18.1 Å². The normalized spacial score (nSPS) is 29.1. The molecule has 2 aromatic carbocycles. The zero-order chi connectivity index (χ0) is 26.5. The van der Waals surface area contributed by atoms with Crippen molar-refractivity contribution in [3.63, 3.8) is 0 Å². The summed E-state index contributed by atoms with van der Waals surface area (Å²) >= 11 is 1.51. The molecular formula is C29H34N2O5S. The number of amides is 2. The number of nitrogens with zero attached hydrogens (tertiary/aromatic N) is 2. The highest BCUT2D eigenvalue weighted by molar-refractivity contribution is 8.02. The summed E-state index contributed by atoms with van der Waals surface area (Å²) < 4.78 is -0.817. The monoisotopic (exact) mass is 522 g/mol.